The Balaban J connectivity index is 2.33. The summed E-state index contributed by atoms with van der Waals surface area (Å²) in [4.78, 5) is 4.72. The van der Waals surface area contributed by atoms with Crippen LogP contribution in [0.5, 0.6) is 11.5 Å². The summed E-state index contributed by atoms with van der Waals surface area (Å²) in [7, 11) is 3.24. The van der Waals surface area contributed by atoms with Gasteiger partial charge in [-0.1, -0.05) is 0 Å². The molecule has 2 heterocycles. The molecule has 1 aromatic carbocycles. The highest BCUT2D eigenvalue weighted by molar-refractivity contribution is 5.74. The van der Waals surface area contributed by atoms with Crippen molar-refractivity contribution in [3.63, 3.8) is 0 Å². The molecule has 1 N–H and O–H groups in total. The number of hydrogen-bond acceptors (Lipinski definition) is 4. The van der Waals surface area contributed by atoms with Crippen LogP contribution in [0.25, 0.3) is 16.9 Å². The summed E-state index contributed by atoms with van der Waals surface area (Å²) < 4.78 is 12.7. The fourth-order valence-electron chi connectivity index (χ4n) is 2.76. The van der Waals surface area contributed by atoms with E-state index in [9.17, 15) is 5.11 Å². The molecular formula is C18H20N2O3. The summed E-state index contributed by atoms with van der Waals surface area (Å²) >= 11 is 0. The van der Waals surface area contributed by atoms with Gasteiger partial charge in [-0.15, -0.1) is 0 Å². The van der Waals surface area contributed by atoms with E-state index in [1.807, 2.05) is 47.9 Å². The Morgan fingerprint density at radius 2 is 1.91 bits per heavy atom. The third kappa shape index (κ3) is 2.64. The molecule has 2 aromatic heterocycles. The van der Waals surface area contributed by atoms with Crippen LogP contribution >= 0.6 is 0 Å². The normalized spacial score (nSPS) is 12.4. The predicted molar refractivity (Wildman–Crippen MR) is 89.1 cm³/mol. The highest BCUT2D eigenvalue weighted by atomic mass is 16.5. The third-order valence-corrected chi connectivity index (χ3v) is 3.88. The van der Waals surface area contributed by atoms with E-state index < -0.39 is 6.10 Å². The first-order chi connectivity index (χ1) is 11.0. The lowest BCUT2D eigenvalue weighted by atomic mass is 10.1. The van der Waals surface area contributed by atoms with Crippen molar-refractivity contribution < 1.29 is 14.6 Å². The van der Waals surface area contributed by atoms with E-state index >= 15 is 0 Å². The summed E-state index contributed by atoms with van der Waals surface area (Å²) in [5.74, 6) is 1.40. The molecule has 3 aromatic rings. The second kappa shape index (κ2) is 5.93. The molecule has 0 radical (unpaired) electrons. The molecule has 0 saturated heterocycles. The van der Waals surface area contributed by atoms with Gasteiger partial charge in [0.2, 0.25) is 0 Å². The maximum atomic E-state index is 10.3. The molecule has 5 heteroatoms. The molecule has 1 unspecified atom stereocenters. The smallest absolute Gasteiger partial charge is 0.138 e. The molecule has 5 nitrogen and oxygen atoms in total. The molecule has 0 bridgehead atoms. The van der Waals surface area contributed by atoms with Gasteiger partial charge in [0.05, 0.1) is 31.7 Å². The number of benzene rings is 1. The van der Waals surface area contributed by atoms with Crippen LogP contribution in [0.3, 0.4) is 0 Å². The van der Waals surface area contributed by atoms with Crippen molar-refractivity contribution in [2.45, 2.75) is 20.0 Å². The van der Waals surface area contributed by atoms with Crippen molar-refractivity contribution in [2.75, 3.05) is 14.2 Å². The van der Waals surface area contributed by atoms with Gasteiger partial charge in [-0.2, -0.15) is 0 Å². The highest BCUT2D eigenvalue weighted by Gasteiger charge is 2.21. The Morgan fingerprint density at radius 1 is 1.13 bits per heavy atom. The number of methoxy groups -OCH3 is 2. The molecule has 120 valence electrons. The summed E-state index contributed by atoms with van der Waals surface area (Å²) in [6, 6.07) is 9.54. The van der Waals surface area contributed by atoms with E-state index in [0.717, 1.165) is 22.5 Å². The molecule has 0 fully saturated rings. The van der Waals surface area contributed by atoms with Crippen LogP contribution < -0.4 is 9.47 Å². The van der Waals surface area contributed by atoms with E-state index in [1.165, 1.54) is 0 Å². The zero-order valence-electron chi connectivity index (χ0n) is 13.7. The molecule has 0 aliphatic carbocycles. The van der Waals surface area contributed by atoms with Gasteiger partial charge in [-0.25, -0.2) is 4.98 Å². The van der Waals surface area contributed by atoms with Crippen molar-refractivity contribution in [1.29, 1.82) is 0 Å². The Morgan fingerprint density at radius 3 is 2.57 bits per heavy atom. The number of imidazole rings is 1. The lowest BCUT2D eigenvalue weighted by Gasteiger charge is -2.12. The molecular weight excluding hydrogens is 292 g/mol. The number of aromatic nitrogens is 2. The van der Waals surface area contributed by atoms with Gasteiger partial charge in [-0.05, 0) is 49.7 Å². The average molecular weight is 312 g/mol. The molecule has 0 saturated carbocycles. The minimum Gasteiger partial charge on any atom is -0.497 e. The summed E-state index contributed by atoms with van der Waals surface area (Å²) in [5, 5.41) is 10.3. The van der Waals surface area contributed by atoms with Crippen LogP contribution in [0.15, 0.2) is 36.5 Å². The summed E-state index contributed by atoms with van der Waals surface area (Å²) in [6.45, 7) is 3.75. The number of aliphatic hydroxyl groups is 1. The minimum atomic E-state index is -0.668. The second-order valence-electron chi connectivity index (χ2n) is 5.52. The zero-order valence-corrected chi connectivity index (χ0v) is 13.7. The Labute approximate surface area is 135 Å². The van der Waals surface area contributed by atoms with E-state index in [4.69, 9.17) is 14.5 Å². The van der Waals surface area contributed by atoms with Gasteiger partial charge in [0.15, 0.2) is 0 Å². The van der Waals surface area contributed by atoms with Crippen molar-refractivity contribution in [3.8, 4) is 22.8 Å². The van der Waals surface area contributed by atoms with Crippen molar-refractivity contribution in [2.24, 2.45) is 0 Å². The fourth-order valence-corrected chi connectivity index (χ4v) is 2.76. The van der Waals surface area contributed by atoms with Gasteiger partial charge in [0.1, 0.15) is 17.1 Å². The highest BCUT2D eigenvalue weighted by Crippen LogP contribution is 2.37. The standard InChI is InChI=1S/C18H20N2O3/c1-11-7-8-20-16(9-11)19-17(18(20)12(2)21)14-10-13(22-3)5-6-15(14)23-4/h5-10,12,21H,1-4H3. The first-order valence-electron chi connectivity index (χ1n) is 7.44. The summed E-state index contributed by atoms with van der Waals surface area (Å²) in [5.41, 5.74) is 4.13. The van der Waals surface area contributed by atoms with Gasteiger partial charge in [-0.3, -0.25) is 0 Å². The van der Waals surface area contributed by atoms with Gasteiger partial charge in [0.25, 0.3) is 0 Å². The molecule has 3 rings (SSSR count). The quantitative estimate of drug-likeness (QED) is 0.802. The zero-order chi connectivity index (χ0) is 16.6. The molecule has 23 heavy (non-hydrogen) atoms. The van der Waals surface area contributed by atoms with Crippen molar-refractivity contribution >= 4 is 5.65 Å². The van der Waals surface area contributed by atoms with Gasteiger partial charge >= 0.3 is 0 Å². The van der Waals surface area contributed by atoms with E-state index in [-0.39, 0.29) is 0 Å². The monoisotopic (exact) mass is 312 g/mol. The SMILES string of the molecule is COc1ccc(OC)c(-c2nc3cc(C)ccn3c2C(C)O)c1. The molecule has 0 amide bonds. The predicted octanol–water partition coefficient (Wildman–Crippen LogP) is 3.38. The number of pyridine rings is 1. The fraction of sp³-hybridized carbons (Fsp3) is 0.278. The van der Waals surface area contributed by atoms with Crippen LogP contribution in [0.1, 0.15) is 24.3 Å². The third-order valence-electron chi connectivity index (χ3n) is 3.88. The number of aryl methyl sites for hydroxylation is 1. The molecule has 0 aliphatic heterocycles. The molecule has 0 aliphatic rings. The number of ether oxygens (including phenoxy) is 2. The van der Waals surface area contributed by atoms with E-state index in [0.29, 0.717) is 17.2 Å². The largest absolute Gasteiger partial charge is 0.497 e. The topological polar surface area (TPSA) is 56.0 Å². The number of fused-ring (bicyclic) bond motifs is 1. The van der Waals surface area contributed by atoms with Crippen molar-refractivity contribution in [1.82, 2.24) is 9.38 Å². The Hall–Kier alpha value is -2.53. The maximum absolute atomic E-state index is 10.3. The average Bonchev–Trinajstić information content (AvgIpc) is 2.92. The Bertz CT molecular complexity index is 853. The first-order valence-corrected chi connectivity index (χ1v) is 7.44. The van der Waals surface area contributed by atoms with Crippen LogP contribution in [0.4, 0.5) is 0 Å². The maximum Gasteiger partial charge on any atom is 0.138 e. The number of rotatable bonds is 4. The first kappa shape index (κ1) is 15.4. The molecule has 0 spiro atoms. The lowest BCUT2D eigenvalue weighted by molar-refractivity contribution is 0.194. The second-order valence-corrected chi connectivity index (χ2v) is 5.52. The van der Waals surface area contributed by atoms with E-state index in [2.05, 4.69) is 0 Å². The number of aliphatic hydroxyl groups excluding tert-OH is 1. The Kier molecular flexibility index (Phi) is 3.96. The van der Waals surface area contributed by atoms with E-state index in [1.54, 1.807) is 21.1 Å². The van der Waals surface area contributed by atoms with Crippen molar-refractivity contribution in [3.05, 3.63) is 47.8 Å². The van der Waals surface area contributed by atoms with Crippen LogP contribution in [-0.2, 0) is 0 Å². The molecule has 1 atom stereocenters. The lowest BCUT2D eigenvalue weighted by Crippen LogP contribution is -2.00. The minimum absolute atomic E-state index is 0.668. The summed E-state index contributed by atoms with van der Waals surface area (Å²) in [6.07, 6.45) is 1.26. The van der Waals surface area contributed by atoms with Crippen LogP contribution in [-0.4, -0.2) is 28.7 Å². The van der Waals surface area contributed by atoms with Gasteiger partial charge < -0.3 is 19.0 Å². The number of hydrogen-bond donors (Lipinski definition) is 1. The van der Waals surface area contributed by atoms with Crippen LogP contribution in [0, 0.1) is 6.92 Å². The number of nitrogens with zero attached hydrogens (tertiary/aromatic N) is 2. The van der Waals surface area contributed by atoms with Crippen LogP contribution in [0.2, 0.25) is 0 Å². The van der Waals surface area contributed by atoms with Gasteiger partial charge in [0, 0.05) is 11.8 Å².